The van der Waals surface area contributed by atoms with Crippen molar-refractivity contribution in [1.82, 2.24) is 10.2 Å². The quantitative estimate of drug-likeness (QED) is 0.602. The van der Waals surface area contributed by atoms with E-state index in [2.05, 4.69) is 5.32 Å². The maximum absolute atomic E-state index is 11.5. The molecule has 0 aromatic carbocycles. The van der Waals surface area contributed by atoms with Crippen molar-refractivity contribution in [2.75, 3.05) is 33.4 Å². The highest BCUT2D eigenvalue weighted by molar-refractivity contribution is 5.77. The van der Waals surface area contributed by atoms with Gasteiger partial charge in [0.25, 0.3) is 0 Å². The molecule has 82 valence electrons. The molecule has 1 amide bonds. The Hall–Kier alpha value is -0.650. The number of β-amino-alcohol motifs (C(OH)–C–C–N with tert-alkyl or cyclic N) is 1. The van der Waals surface area contributed by atoms with E-state index in [-0.39, 0.29) is 18.6 Å². The van der Waals surface area contributed by atoms with E-state index < -0.39 is 6.10 Å². The van der Waals surface area contributed by atoms with Crippen LogP contribution in [0.25, 0.3) is 0 Å². The summed E-state index contributed by atoms with van der Waals surface area (Å²) in [6.07, 6.45) is -0.467. The van der Waals surface area contributed by atoms with Gasteiger partial charge in [-0.25, -0.2) is 0 Å². The SMILES string of the molecule is CCOCC(=O)N(C)[C@H]1CNC[C@@H]1O. The van der Waals surface area contributed by atoms with Gasteiger partial charge in [0.2, 0.25) is 5.91 Å². The van der Waals surface area contributed by atoms with Gasteiger partial charge in [0.1, 0.15) is 6.61 Å². The molecule has 2 atom stereocenters. The summed E-state index contributed by atoms with van der Waals surface area (Å²) >= 11 is 0. The summed E-state index contributed by atoms with van der Waals surface area (Å²) in [5, 5.41) is 12.6. The van der Waals surface area contributed by atoms with E-state index in [0.717, 1.165) is 0 Å². The van der Waals surface area contributed by atoms with Gasteiger partial charge in [-0.3, -0.25) is 4.79 Å². The lowest BCUT2D eigenvalue weighted by Gasteiger charge is -2.26. The Morgan fingerprint density at radius 1 is 1.64 bits per heavy atom. The molecule has 1 rings (SSSR count). The van der Waals surface area contributed by atoms with Crippen molar-refractivity contribution in [1.29, 1.82) is 0 Å². The van der Waals surface area contributed by atoms with Crippen LogP contribution in [0.4, 0.5) is 0 Å². The van der Waals surface area contributed by atoms with Crippen molar-refractivity contribution in [2.24, 2.45) is 0 Å². The number of likely N-dealkylation sites (N-methyl/N-ethyl adjacent to an activating group) is 1. The Balaban J connectivity index is 2.39. The van der Waals surface area contributed by atoms with Gasteiger partial charge in [0.15, 0.2) is 0 Å². The van der Waals surface area contributed by atoms with Crippen LogP contribution in [0.2, 0.25) is 0 Å². The van der Waals surface area contributed by atoms with Gasteiger partial charge in [-0.05, 0) is 6.92 Å². The second-order valence-electron chi connectivity index (χ2n) is 3.43. The van der Waals surface area contributed by atoms with Gasteiger partial charge in [-0.15, -0.1) is 0 Å². The molecule has 0 aromatic rings. The molecule has 1 aliphatic rings. The summed E-state index contributed by atoms with van der Waals surface area (Å²) in [5.74, 6) is -0.0837. The predicted molar refractivity (Wildman–Crippen MR) is 51.9 cm³/mol. The average molecular weight is 202 g/mol. The normalized spacial score (nSPS) is 26.5. The van der Waals surface area contributed by atoms with Crippen molar-refractivity contribution < 1.29 is 14.6 Å². The largest absolute Gasteiger partial charge is 0.390 e. The summed E-state index contributed by atoms with van der Waals surface area (Å²) in [5.41, 5.74) is 0. The third kappa shape index (κ3) is 2.67. The Morgan fingerprint density at radius 3 is 2.86 bits per heavy atom. The molecule has 0 unspecified atom stereocenters. The van der Waals surface area contributed by atoms with E-state index in [0.29, 0.717) is 19.7 Å². The maximum Gasteiger partial charge on any atom is 0.248 e. The third-order valence-corrected chi connectivity index (χ3v) is 2.47. The van der Waals surface area contributed by atoms with Crippen molar-refractivity contribution in [3.05, 3.63) is 0 Å². The number of aliphatic hydroxyl groups is 1. The fourth-order valence-corrected chi connectivity index (χ4v) is 1.52. The molecule has 0 aliphatic carbocycles. The van der Waals surface area contributed by atoms with Gasteiger partial charge in [0, 0.05) is 26.7 Å². The summed E-state index contributed by atoms with van der Waals surface area (Å²) < 4.78 is 5.02. The number of hydrogen-bond acceptors (Lipinski definition) is 4. The monoisotopic (exact) mass is 202 g/mol. The Morgan fingerprint density at radius 2 is 2.36 bits per heavy atom. The molecule has 1 fully saturated rings. The summed E-state index contributed by atoms with van der Waals surface area (Å²) in [6, 6.07) is -0.122. The van der Waals surface area contributed by atoms with Gasteiger partial charge < -0.3 is 20.1 Å². The smallest absolute Gasteiger partial charge is 0.248 e. The Kier molecular flexibility index (Phi) is 4.31. The number of carbonyl (C=O) groups excluding carboxylic acids is 1. The molecule has 0 spiro atoms. The zero-order chi connectivity index (χ0) is 10.6. The highest BCUT2D eigenvalue weighted by atomic mass is 16.5. The molecule has 1 aliphatic heterocycles. The minimum Gasteiger partial charge on any atom is -0.390 e. The number of aliphatic hydroxyl groups excluding tert-OH is 1. The van der Waals surface area contributed by atoms with Crippen molar-refractivity contribution in [2.45, 2.75) is 19.1 Å². The molecule has 2 N–H and O–H groups in total. The maximum atomic E-state index is 11.5. The molecule has 0 aromatic heterocycles. The van der Waals surface area contributed by atoms with Crippen LogP contribution in [0.15, 0.2) is 0 Å². The van der Waals surface area contributed by atoms with Gasteiger partial charge in [-0.2, -0.15) is 0 Å². The molecule has 1 saturated heterocycles. The van der Waals surface area contributed by atoms with E-state index in [1.807, 2.05) is 6.92 Å². The number of nitrogens with one attached hydrogen (secondary N) is 1. The van der Waals surface area contributed by atoms with Crippen LogP contribution in [0.3, 0.4) is 0 Å². The van der Waals surface area contributed by atoms with Crippen LogP contribution in [0.5, 0.6) is 0 Å². The van der Waals surface area contributed by atoms with Crippen LogP contribution in [-0.4, -0.2) is 61.4 Å². The first-order valence-corrected chi connectivity index (χ1v) is 4.89. The molecule has 0 radical (unpaired) electrons. The van der Waals surface area contributed by atoms with E-state index in [9.17, 15) is 9.90 Å². The van der Waals surface area contributed by atoms with Gasteiger partial charge in [-0.1, -0.05) is 0 Å². The second kappa shape index (κ2) is 5.29. The second-order valence-corrected chi connectivity index (χ2v) is 3.43. The lowest BCUT2D eigenvalue weighted by molar-refractivity contribution is -0.138. The number of rotatable bonds is 4. The first-order chi connectivity index (χ1) is 6.66. The Labute approximate surface area is 84.0 Å². The van der Waals surface area contributed by atoms with E-state index in [4.69, 9.17) is 4.74 Å². The fraction of sp³-hybridized carbons (Fsp3) is 0.889. The number of amides is 1. The van der Waals surface area contributed by atoms with Crippen LogP contribution >= 0.6 is 0 Å². The summed E-state index contributed by atoms with van der Waals surface area (Å²) in [6.45, 7) is 3.67. The Bertz CT molecular complexity index is 198. The van der Waals surface area contributed by atoms with Crippen molar-refractivity contribution in [3.8, 4) is 0 Å². The first-order valence-electron chi connectivity index (χ1n) is 4.89. The molecule has 5 heteroatoms. The van der Waals surface area contributed by atoms with E-state index in [1.54, 1.807) is 11.9 Å². The zero-order valence-corrected chi connectivity index (χ0v) is 8.69. The molecule has 0 bridgehead atoms. The third-order valence-electron chi connectivity index (χ3n) is 2.47. The molecule has 14 heavy (non-hydrogen) atoms. The minimum atomic E-state index is -0.467. The lowest BCUT2D eigenvalue weighted by atomic mass is 10.2. The summed E-state index contributed by atoms with van der Waals surface area (Å²) in [4.78, 5) is 13.1. The molecule has 1 heterocycles. The topological polar surface area (TPSA) is 61.8 Å². The van der Waals surface area contributed by atoms with Crippen LogP contribution in [0.1, 0.15) is 6.92 Å². The zero-order valence-electron chi connectivity index (χ0n) is 8.69. The van der Waals surface area contributed by atoms with Crippen LogP contribution in [-0.2, 0) is 9.53 Å². The van der Waals surface area contributed by atoms with Crippen LogP contribution in [0, 0.1) is 0 Å². The van der Waals surface area contributed by atoms with Crippen molar-refractivity contribution >= 4 is 5.91 Å². The standard InChI is InChI=1S/C9H18N2O3/c1-3-14-6-9(13)11(2)7-4-10-5-8(7)12/h7-8,10,12H,3-6H2,1-2H3/t7-,8-/m0/s1. The minimum absolute atomic E-state index is 0.0837. The van der Waals surface area contributed by atoms with Crippen molar-refractivity contribution in [3.63, 3.8) is 0 Å². The van der Waals surface area contributed by atoms with E-state index >= 15 is 0 Å². The number of nitrogens with zero attached hydrogens (tertiary/aromatic N) is 1. The number of ether oxygens (including phenoxy) is 1. The number of carbonyl (C=O) groups is 1. The number of hydrogen-bond donors (Lipinski definition) is 2. The highest BCUT2D eigenvalue weighted by Gasteiger charge is 2.30. The highest BCUT2D eigenvalue weighted by Crippen LogP contribution is 2.07. The summed E-state index contributed by atoms with van der Waals surface area (Å²) in [7, 11) is 1.70. The van der Waals surface area contributed by atoms with Crippen LogP contribution < -0.4 is 5.32 Å². The lowest BCUT2D eigenvalue weighted by Crippen LogP contribution is -2.45. The van der Waals surface area contributed by atoms with E-state index in [1.165, 1.54) is 0 Å². The predicted octanol–water partition coefficient (Wildman–Crippen LogP) is -1.19. The molecule has 0 saturated carbocycles. The van der Waals surface area contributed by atoms with Gasteiger partial charge >= 0.3 is 0 Å². The first kappa shape index (κ1) is 11.4. The molecular formula is C9H18N2O3. The average Bonchev–Trinajstić information content (AvgIpc) is 2.59. The van der Waals surface area contributed by atoms with Gasteiger partial charge in [0.05, 0.1) is 12.1 Å². The molecular weight excluding hydrogens is 184 g/mol. The fourth-order valence-electron chi connectivity index (χ4n) is 1.52. The molecule has 5 nitrogen and oxygen atoms in total.